The number of halogens is 2. The first kappa shape index (κ1) is 15.4. The van der Waals surface area contributed by atoms with E-state index < -0.39 is 26.6 Å². The Kier molecular flexibility index (Phi) is 3.77. The summed E-state index contributed by atoms with van der Waals surface area (Å²) in [6, 6.07) is 6.28. The first-order valence-electron chi connectivity index (χ1n) is 6.67. The summed E-state index contributed by atoms with van der Waals surface area (Å²) in [4.78, 5) is 10.7. The molecule has 5 nitrogen and oxygen atoms in total. The van der Waals surface area contributed by atoms with Crippen molar-refractivity contribution in [2.75, 3.05) is 5.32 Å². The van der Waals surface area contributed by atoms with E-state index in [4.69, 9.17) is 4.18 Å². The standard InChI is InChI=1S/C15H11F2NO4S/c16-10-6-11(17)8-13(7-10)23(20,21)22-12-2-3-14-9(5-12)1-4-15(19)18-14/h2-3,5-8H,1,4H2,(H,18,19). The largest absolute Gasteiger partial charge is 0.379 e. The number of hydrogen-bond acceptors (Lipinski definition) is 4. The van der Waals surface area contributed by atoms with E-state index in [1.54, 1.807) is 0 Å². The minimum atomic E-state index is -4.36. The fraction of sp³-hybridized carbons (Fsp3) is 0.133. The molecule has 0 atom stereocenters. The van der Waals surface area contributed by atoms with Crippen molar-refractivity contribution in [3.63, 3.8) is 0 Å². The Hall–Kier alpha value is -2.48. The normalized spacial score (nSPS) is 14.1. The minimum Gasteiger partial charge on any atom is -0.379 e. The number of aryl methyl sites for hydroxylation is 1. The number of rotatable bonds is 3. The molecule has 1 amide bonds. The van der Waals surface area contributed by atoms with Crippen LogP contribution in [0.2, 0.25) is 0 Å². The Balaban J connectivity index is 1.90. The van der Waals surface area contributed by atoms with Crippen molar-refractivity contribution in [3.05, 3.63) is 53.6 Å². The van der Waals surface area contributed by atoms with E-state index in [1.165, 1.54) is 18.2 Å². The molecule has 0 aliphatic carbocycles. The molecule has 2 aromatic carbocycles. The average Bonchev–Trinajstić information content (AvgIpc) is 2.46. The van der Waals surface area contributed by atoms with Gasteiger partial charge in [-0.3, -0.25) is 4.79 Å². The van der Waals surface area contributed by atoms with Crippen molar-refractivity contribution in [3.8, 4) is 5.75 Å². The monoisotopic (exact) mass is 339 g/mol. The smallest absolute Gasteiger partial charge is 0.339 e. The molecule has 0 radical (unpaired) electrons. The third kappa shape index (κ3) is 3.31. The highest BCUT2D eigenvalue weighted by Gasteiger charge is 2.21. The van der Waals surface area contributed by atoms with Gasteiger partial charge in [0.25, 0.3) is 0 Å². The van der Waals surface area contributed by atoms with Gasteiger partial charge in [0.2, 0.25) is 5.91 Å². The summed E-state index contributed by atoms with van der Waals surface area (Å²) in [6.45, 7) is 0. The molecule has 1 aliphatic rings. The van der Waals surface area contributed by atoms with Gasteiger partial charge in [-0.1, -0.05) is 0 Å². The van der Waals surface area contributed by atoms with Crippen LogP contribution < -0.4 is 9.50 Å². The molecule has 1 heterocycles. The lowest BCUT2D eigenvalue weighted by Gasteiger charge is -2.17. The van der Waals surface area contributed by atoms with Crippen LogP contribution in [0.3, 0.4) is 0 Å². The van der Waals surface area contributed by atoms with Crippen LogP contribution in [0.4, 0.5) is 14.5 Å². The van der Waals surface area contributed by atoms with Crippen molar-refractivity contribution < 1.29 is 26.2 Å². The summed E-state index contributed by atoms with van der Waals surface area (Å²) in [6.07, 6.45) is 0.741. The lowest BCUT2D eigenvalue weighted by molar-refractivity contribution is -0.116. The first-order chi connectivity index (χ1) is 10.8. The molecule has 0 unspecified atom stereocenters. The van der Waals surface area contributed by atoms with Crippen LogP contribution in [0.1, 0.15) is 12.0 Å². The molecule has 23 heavy (non-hydrogen) atoms. The van der Waals surface area contributed by atoms with Crippen molar-refractivity contribution in [1.29, 1.82) is 0 Å². The molecule has 0 bridgehead atoms. The molecule has 0 saturated carbocycles. The quantitative estimate of drug-likeness (QED) is 0.873. The van der Waals surface area contributed by atoms with Gasteiger partial charge in [-0.05, 0) is 42.3 Å². The summed E-state index contributed by atoms with van der Waals surface area (Å²) < 4.78 is 55.4. The van der Waals surface area contributed by atoms with Gasteiger partial charge in [0.1, 0.15) is 22.3 Å². The highest BCUT2D eigenvalue weighted by Crippen LogP contribution is 2.28. The van der Waals surface area contributed by atoms with Crippen molar-refractivity contribution in [1.82, 2.24) is 0 Å². The second-order valence-corrected chi connectivity index (χ2v) is 6.56. The predicted octanol–water partition coefficient (Wildman–Crippen LogP) is 2.62. The van der Waals surface area contributed by atoms with Gasteiger partial charge in [0, 0.05) is 18.2 Å². The highest BCUT2D eigenvalue weighted by molar-refractivity contribution is 7.87. The molecule has 0 saturated heterocycles. The van der Waals surface area contributed by atoms with Crippen LogP contribution in [0.25, 0.3) is 0 Å². The third-order valence-electron chi connectivity index (χ3n) is 3.30. The van der Waals surface area contributed by atoms with E-state index in [2.05, 4.69) is 5.32 Å². The molecule has 3 rings (SSSR count). The predicted molar refractivity (Wildman–Crippen MR) is 77.6 cm³/mol. The Bertz CT molecular complexity index is 876. The molecule has 0 spiro atoms. The first-order valence-corrected chi connectivity index (χ1v) is 8.08. The number of carbonyl (C=O) groups is 1. The zero-order chi connectivity index (χ0) is 16.6. The van der Waals surface area contributed by atoms with Gasteiger partial charge in [0.15, 0.2) is 0 Å². The molecule has 0 aromatic heterocycles. The summed E-state index contributed by atoms with van der Waals surface area (Å²) in [5.41, 5.74) is 1.31. The molecule has 2 aromatic rings. The fourth-order valence-electron chi connectivity index (χ4n) is 2.26. The Morgan fingerprint density at radius 1 is 1.00 bits per heavy atom. The van der Waals surface area contributed by atoms with Gasteiger partial charge in [-0.2, -0.15) is 8.42 Å². The highest BCUT2D eigenvalue weighted by atomic mass is 32.2. The zero-order valence-electron chi connectivity index (χ0n) is 11.7. The molecule has 0 fully saturated rings. The Morgan fingerprint density at radius 2 is 1.70 bits per heavy atom. The second kappa shape index (κ2) is 5.62. The summed E-state index contributed by atoms with van der Waals surface area (Å²) in [7, 11) is -4.36. The molecular formula is C15H11F2NO4S. The number of fused-ring (bicyclic) bond motifs is 1. The van der Waals surface area contributed by atoms with Crippen molar-refractivity contribution in [2.45, 2.75) is 17.7 Å². The van der Waals surface area contributed by atoms with E-state index in [0.29, 0.717) is 30.3 Å². The van der Waals surface area contributed by atoms with Crippen LogP contribution in [0.5, 0.6) is 5.75 Å². The molecule has 120 valence electrons. The zero-order valence-corrected chi connectivity index (χ0v) is 12.5. The molecule has 1 N–H and O–H groups in total. The van der Waals surface area contributed by atoms with Gasteiger partial charge in [0.05, 0.1) is 0 Å². The van der Waals surface area contributed by atoms with E-state index in [9.17, 15) is 22.0 Å². The van der Waals surface area contributed by atoms with Gasteiger partial charge < -0.3 is 9.50 Å². The molecular weight excluding hydrogens is 328 g/mol. The van der Waals surface area contributed by atoms with Crippen LogP contribution in [0.15, 0.2) is 41.3 Å². The maximum absolute atomic E-state index is 13.2. The van der Waals surface area contributed by atoms with E-state index >= 15 is 0 Å². The van der Waals surface area contributed by atoms with Gasteiger partial charge in [-0.15, -0.1) is 0 Å². The number of hydrogen-bond donors (Lipinski definition) is 1. The summed E-state index contributed by atoms with van der Waals surface area (Å²) in [5, 5.41) is 2.65. The Labute approximate surface area is 131 Å². The van der Waals surface area contributed by atoms with Gasteiger partial charge >= 0.3 is 10.1 Å². The maximum atomic E-state index is 13.2. The van der Waals surface area contributed by atoms with E-state index in [1.807, 2.05) is 0 Å². The summed E-state index contributed by atoms with van der Waals surface area (Å²) >= 11 is 0. The van der Waals surface area contributed by atoms with E-state index in [-0.39, 0.29) is 18.1 Å². The fourth-order valence-corrected chi connectivity index (χ4v) is 3.23. The van der Waals surface area contributed by atoms with Crippen molar-refractivity contribution in [2.24, 2.45) is 0 Å². The van der Waals surface area contributed by atoms with Crippen LogP contribution >= 0.6 is 0 Å². The van der Waals surface area contributed by atoms with Gasteiger partial charge in [-0.25, -0.2) is 8.78 Å². The number of anilines is 1. The van der Waals surface area contributed by atoms with Crippen LogP contribution in [-0.2, 0) is 21.3 Å². The lowest BCUT2D eigenvalue weighted by Crippen LogP contribution is -2.19. The number of nitrogens with one attached hydrogen (secondary N) is 1. The molecule has 1 aliphatic heterocycles. The van der Waals surface area contributed by atoms with E-state index in [0.717, 1.165) is 5.56 Å². The van der Waals surface area contributed by atoms with Crippen molar-refractivity contribution >= 4 is 21.7 Å². The lowest BCUT2D eigenvalue weighted by atomic mass is 10.0. The SMILES string of the molecule is O=C1CCc2cc(OS(=O)(=O)c3cc(F)cc(F)c3)ccc2N1. The third-order valence-corrected chi connectivity index (χ3v) is 4.53. The number of amides is 1. The van der Waals surface area contributed by atoms with Crippen LogP contribution in [0, 0.1) is 11.6 Å². The topological polar surface area (TPSA) is 72.5 Å². The Morgan fingerprint density at radius 3 is 2.39 bits per heavy atom. The second-order valence-electron chi connectivity index (χ2n) is 5.01. The molecule has 8 heteroatoms. The number of carbonyl (C=O) groups excluding carboxylic acids is 1. The number of benzene rings is 2. The minimum absolute atomic E-state index is 0.00423. The maximum Gasteiger partial charge on any atom is 0.339 e. The average molecular weight is 339 g/mol. The van der Waals surface area contributed by atoms with Crippen LogP contribution in [-0.4, -0.2) is 14.3 Å². The summed E-state index contributed by atoms with van der Waals surface area (Å²) in [5.74, 6) is -2.14.